The number of carbonyl (C=O) groups is 3. The maximum absolute atomic E-state index is 12.3. The van der Waals surface area contributed by atoms with E-state index in [2.05, 4.69) is 20.9 Å². The topological polar surface area (TPSA) is 132 Å². The monoisotopic (exact) mass is 387 g/mol. The summed E-state index contributed by atoms with van der Waals surface area (Å²) < 4.78 is 5.90. The number of aryl methyl sites for hydroxylation is 1. The van der Waals surface area contributed by atoms with Crippen LogP contribution in [-0.4, -0.2) is 45.6 Å². The molecule has 0 atom stereocenters. The van der Waals surface area contributed by atoms with Gasteiger partial charge in [0.2, 0.25) is 0 Å². The minimum Gasteiger partial charge on any atom is -0.456 e. The molecule has 0 spiro atoms. The summed E-state index contributed by atoms with van der Waals surface area (Å²) >= 11 is 0. The smallest absolute Gasteiger partial charge is 0.321 e. The molecule has 0 aliphatic heterocycles. The molecular weight excluding hydrogens is 366 g/mol. The number of hydrogen-bond donors (Lipinski definition) is 2. The van der Waals surface area contributed by atoms with Crippen LogP contribution in [-0.2, 0) is 20.9 Å². The van der Waals surface area contributed by atoms with Gasteiger partial charge in [0.25, 0.3) is 11.5 Å². The maximum atomic E-state index is 12.3. The van der Waals surface area contributed by atoms with Crippen molar-refractivity contribution in [3.63, 3.8) is 0 Å². The Kier molecular flexibility index (Phi) is 6.30. The number of benzene rings is 1. The molecule has 0 radical (unpaired) electrons. The maximum Gasteiger partial charge on any atom is 0.321 e. The van der Waals surface area contributed by atoms with Crippen LogP contribution in [0.3, 0.4) is 0 Å². The zero-order chi connectivity index (χ0) is 19.9. The van der Waals surface area contributed by atoms with Crippen LogP contribution in [0.5, 0.6) is 0 Å². The molecule has 1 aliphatic rings. The number of rotatable bonds is 6. The van der Waals surface area contributed by atoms with Crippen molar-refractivity contribution in [1.82, 2.24) is 25.6 Å². The summed E-state index contributed by atoms with van der Waals surface area (Å²) in [5, 5.41) is 12.9. The van der Waals surface area contributed by atoms with E-state index in [0.29, 0.717) is 10.9 Å². The van der Waals surface area contributed by atoms with E-state index in [4.69, 9.17) is 4.74 Å². The molecule has 2 N–H and O–H groups in total. The highest BCUT2D eigenvalue weighted by molar-refractivity contribution is 5.95. The van der Waals surface area contributed by atoms with Gasteiger partial charge < -0.3 is 10.1 Å². The van der Waals surface area contributed by atoms with Crippen molar-refractivity contribution in [3.8, 4) is 0 Å². The summed E-state index contributed by atoms with van der Waals surface area (Å²) in [6, 6.07) is 6.25. The molecular formula is C18H21N5O5. The number of esters is 1. The zero-order valence-electron chi connectivity index (χ0n) is 15.2. The molecule has 1 aromatic carbocycles. The number of ether oxygens (including phenoxy) is 1. The Balaban J connectivity index is 1.42. The van der Waals surface area contributed by atoms with Crippen molar-refractivity contribution in [2.24, 2.45) is 0 Å². The first-order valence-electron chi connectivity index (χ1n) is 9.11. The average Bonchev–Trinajstić information content (AvgIpc) is 3.19. The molecule has 28 heavy (non-hydrogen) atoms. The predicted molar refractivity (Wildman–Crippen MR) is 98.3 cm³/mol. The summed E-state index contributed by atoms with van der Waals surface area (Å²) in [4.78, 5) is 47.4. The van der Waals surface area contributed by atoms with Gasteiger partial charge in [-0.2, -0.15) is 0 Å². The van der Waals surface area contributed by atoms with E-state index in [1.165, 1.54) is 0 Å². The van der Waals surface area contributed by atoms with Crippen molar-refractivity contribution < 1.29 is 19.1 Å². The lowest BCUT2D eigenvalue weighted by atomic mass is 10.2. The van der Waals surface area contributed by atoms with Gasteiger partial charge in [-0.05, 0) is 25.0 Å². The molecule has 0 bridgehead atoms. The number of nitrogens with zero attached hydrogens (tertiary/aromatic N) is 3. The highest BCUT2D eigenvalue weighted by Crippen LogP contribution is 2.17. The van der Waals surface area contributed by atoms with Gasteiger partial charge in [0.15, 0.2) is 6.61 Å². The van der Waals surface area contributed by atoms with Crippen LogP contribution in [0.2, 0.25) is 0 Å². The second-order valence-corrected chi connectivity index (χ2v) is 6.55. The summed E-state index contributed by atoms with van der Waals surface area (Å²) in [6.45, 7) is -0.603. The number of hydrogen-bond acceptors (Lipinski definition) is 7. The number of nitrogens with one attached hydrogen (secondary N) is 2. The molecule has 1 saturated carbocycles. The Morgan fingerprint density at radius 1 is 1.18 bits per heavy atom. The van der Waals surface area contributed by atoms with E-state index >= 15 is 0 Å². The average molecular weight is 387 g/mol. The molecule has 1 aliphatic carbocycles. The Morgan fingerprint density at radius 3 is 2.71 bits per heavy atom. The van der Waals surface area contributed by atoms with Gasteiger partial charge in [0, 0.05) is 6.04 Å². The third-order valence-electron chi connectivity index (χ3n) is 4.46. The van der Waals surface area contributed by atoms with E-state index in [-0.39, 0.29) is 24.6 Å². The molecule has 0 saturated heterocycles. The molecule has 148 valence electrons. The standard InChI is InChI=1S/C18H21N5O5/c24-15(20-18(27)19-12-5-1-2-6-12)11-28-16(25)9-10-23-17(26)13-7-3-4-8-14(13)21-22-23/h3-4,7-8,12H,1-2,5-6,9-11H2,(H2,19,20,24,27). The van der Waals surface area contributed by atoms with Gasteiger partial charge >= 0.3 is 12.0 Å². The fourth-order valence-electron chi connectivity index (χ4n) is 3.04. The van der Waals surface area contributed by atoms with Crippen molar-refractivity contribution >= 4 is 28.8 Å². The molecule has 10 nitrogen and oxygen atoms in total. The molecule has 1 aromatic heterocycles. The minimum atomic E-state index is -0.716. The number of aromatic nitrogens is 3. The lowest BCUT2D eigenvalue weighted by Gasteiger charge is -2.12. The summed E-state index contributed by atoms with van der Waals surface area (Å²) in [5.41, 5.74) is 0.110. The first kappa shape index (κ1) is 19.5. The van der Waals surface area contributed by atoms with Gasteiger partial charge in [0.05, 0.1) is 18.4 Å². The van der Waals surface area contributed by atoms with Crippen LogP contribution in [0.15, 0.2) is 29.1 Å². The van der Waals surface area contributed by atoms with Crippen LogP contribution in [0.25, 0.3) is 10.9 Å². The molecule has 3 amide bonds. The Bertz CT molecular complexity index is 935. The normalized spacial score (nSPS) is 14.0. The number of fused-ring (bicyclic) bond motifs is 1. The Hall–Kier alpha value is -3.30. The van der Waals surface area contributed by atoms with Crippen LogP contribution >= 0.6 is 0 Å². The van der Waals surface area contributed by atoms with Crippen LogP contribution in [0.1, 0.15) is 32.1 Å². The lowest BCUT2D eigenvalue weighted by molar-refractivity contribution is -0.148. The van der Waals surface area contributed by atoms with Gasteiger partial charge in [-0.25, -0.2) is 9.48 Å². The van der Waals surface area contributed by atoms with Crippen LogP contribution in [0.4, 0.5) is 4.79 Å². The number of carbonyl (C=O) groups excluding carboxylic acids is 3. The van der Waals surface area contributed by atoms with Gasteiger partial charge in [0.1, 0.15) is 5.52 Å². The lowest BCUT2D eigenvalue weighted by Crippen LogP contribution is -2.45. The fourth-order valence-corrected chi connectivity index (χ4v) is 3.04. The number of urea groups is 1. The Morgan fingerprint density at radius 2 is 1.93 bits per heavy atom. The van der Waals surface area contributed by atoms with E-state index in [1.54, 1.807) is 24.3 Å². The minimum absolute atomic E-state index is 0.0285. The van der Waals surface area contributed by atoms with Crippen LogP contribution in [0, 0.1) is 0 Å². The SMILES string of the molecule is O=C(COC(=O)CCn1nnc2ccccc2c1=O)NC(=O)NC1CCCC1. The first-order chi connectivity index (χ1) is 13.5. The Labute approximate surface area is 160 Å². The zero-order valence-corrected chi connectivity index (χ0v) is 15.2. The van der Waals surface area contributed by atoms with E-state index in [1.807, 2.05) is 0 Å². The first-order valence-corrected chi connectivity index (χ1v) is 9.11. The van der Waals surface area contributed by atoms with Crippen molar-refractivity contribution in [2.45, 2.75) is 44.7 Å². The number of imide groups is 1. The quantitative estimate of drug-likeness (QED) is 0.690. The highest BCUT2D eigenvalue weighted by Gasteiger charge is 2.18. The molecule has 2 aromatic rings. The van der Waals surface area contributed by atoms with Gasteiger partial charge in [-0.15, -0.1) is 5.10 Å². The number of amides is 3. The predicted octanol–water partition coefficient (Wildman–Crippen LogP) is 0.493. The van der Waals surface area contributed by atoms with E-state index in [0.717, 1.165) is 30.4 Å². The molecule has 1 fully saturated rings. The molecule has 3 rings (SSSR count). The molecule has 10 heteroatoms. The largest absolute Gasteiger partial charge is 0.456 e. The van der Waals surface area contributed by atoms with Crippen molar-refractivity contribution in [1.29, 1.82) is 0 Å². The molecule has 0 unspecified atom stereocenters. The molecule has 1 heterocycles. The highest BCUT2D eigenvalue weighted by atomic mass is 16.5. The van der Waals surface area contributed by atoms with Crippen molar-refractivity contribution in [3.05, 3.63) is 34.6 Å². The third-order valence-corrected chi connectivity index (χ3v) is 4.46. The van der Waals surface area contributed by atoms with E-state index in [9.17, 15) is 19.2 Å². The van der Waals surface area contributed by atoms with Gasteiger partial charge in [-0.3, -0.25) is 19.7 Å². The summed E-state index contributed by atoms with van der Waals surface area (Å²) in [7, 11) is 0. The van der Waals surface area contributed by atoms with Gasteiger partial charge in [-0.1, -0.05) is 30.2 Å². The summed E-state index contributed by atoms with van der Waals surface area (Å²) in [6.07, 6.45) is 3.75. The third kappa shape index (κ3) is 5.12. The summed E-state index contributed by atoms with van der Waals surface area (Å²) in [5.74, 6) is -1.40. The van der Waals surface area contributed by atoms with Crippen molar-refractivity contribution in [2.75, 3.05) is 6.61 Å². The second kappa shape index (κ2) is 9.07. The van der Waals surface area contributed by atoms with E-state index < -0.39 is 24.5 Å². The van der Waals surface area contributed by atoms with Crippen LogP contribution < -0.4 is 16.2 Å². The second-order valence-electron chi connectivity index (χ2n) is 6.55. The fraction of sp³-hybridized carbons (Fsp3) is 0.444.